The summed E-state index contributed by atoms with van der Waals surface area (Å²) in [6.07, 6.45) is 0. The van der Waals surface area contributed by atoms with Crippen LogP contribution in [0.25, 0.3) is 0 Å². The molecule has 3 nitrogen and oxygen atoms in total. The second-order valence-electron chi connectivity index (χ2n) is 0. The Morgan fingerprint density at radius 1 is 0.444 bits per heavy atom. The zero-order valence-corrected chi connectivity index (χ0v) is 14.4. The van der Waals surface area contributed by atoms with Gasteiger partial charge in [0.2, 0.25) is 0 Å². The van der Waals surface area contributed by atoms with Crippen molar-refractivity contribution < 1.29 is 143 Å². The third kappa shape index (κ3) is 86.2. The Bertz CT molecular complexity index is 17.0. The van der Waals surface area contributed by atoms with Crippen molar-refractivity contribution in [1.29, 1.82) is 0 Å². The quantitative estimate of drug-likeness (QED) is 0.303. The molecule has 0 atom stereocenters. The van der Waals surface area contributed by atoms with E-state index in [0.717, 1.165) is 0 Å². The average molecular weight is 523 g/mol. The van der Waals surface area contributed by atoms with Gasteiger partial charge in [-0.25, -0.2) is 0 Å². The second kappa shape index (κ2) is 105. The van der Waals surface area contributed by atoms with Crippen molar-refractivity contribution in [3.8, 4) is 0 Å². The molecule has 0 spiro atoms. The Morgan fingerprint density at radius 2 is 0.444 bits per heavy atom. The van der Waals surface area contributed by atoms with Crippen molar-refractivity contribution in [2.24, 2.45) is 0 Å². The van der Waals surface area contributed by atoms with Crippen LogP contribution in [0.1, 0.15) is 0 Å². The van der Waals surface area contributed by atoms with E-state index in [9.17, 15) is 0 Å². The van der Waals surface area contributed by atoms with Crippen molar-refractivity contribution in [1.82, 2.24) is 0 Å². The average Bonchev–Trinajstić information content (AvgIpc) is 0. The minimum atomic E-state index is 0. The molecule has 9 heteroatoms. The van der Waals surface area contributed by atoms with Crippen LogP contribution in [0.15, 0.2) is 0 Å². The first-order valence-electron chi connectivity index (χ1n) is 0. The molecular weight excluding hydrogens is 523 g/mol. The van der Waals surface area contributed by atoms with Crippen LogP contribution in [-0.4, -0.2) is 0 Å². The number of rotatable bonds is 0. The first-order valence-corrected chi connectivity index (χ1v) is 0. The minimum absolute atomic E-state index is 0. The van der Waals surface area contributed by atoms with E-state index in [1.807, 2.05) is 0 Å². The van der Waals surface area contributed by atoms with Crippen LogP contribution in [-0.2, 0) is 16.4 Å². The Hall–Kier alpha value is 3.44. The Kier molecular flexibility index (Phi) is 1610. The molecule has 0 saturated carbocycles. The van der Waals surface area contributed by atoms with E-state index in [4.69, 9.17) is 0 Å². The first-order chi connectivity index (χ1) is 0. The summed E-state index contributed by atoms with van der Waals surface area (Å²) in [4.78, 5) is 0. The molecule has 1 radical (unpaired) electrons. The molecule has 0 aromatic heterocycles. The Balaban J connectivity index is 0. The molecule has 0 saturated heterocycles. The first kappa shape index (κ1) is 138. The van der Waals surface area contributed by atoms with Gasteiger partial charge in [-0.15, -0.1) is 0 Å². The van der Waals surface area contributed by atoms with Gasteiger partial charge in [0.1, 0.15) is 0 Å². The van der Waals surface area contributed by atoms with Crippen LogP contribution in [0, 0.1) is 113 Å². The summed E-state index contributed by atoms with van der Waals surface area (Å²) in [6, 6.07) is 0. The van der Waals surface area contributed by atoms with E-state index in [1.54, 1.807) is 0 Å². The maximum absolute atomic E-state index is 0. The van der Waals surface area contributed by atoms with Crippen molar-refractivity contribution in [2.75, 3.05) is 0 Å². The fourth-order valence-corrected chi connectivity index (χ4v) is 0. The molecule has 0 amide bonds. The van der Waals surface area contributed by atoms with Crippen LogP contribution >= 0.6 is 0 Å². The molecule has 0 fully saturated rings. The molecule has 49 valence electrons. The number of hydrogen-bond acceptors (Lipinski definition) is 0. The summed E-state index contributed by atoms with van der Waals surface area (Å²) in [5.41, 5.74) is 0. The van der Waals surface area contributed by atoms with Gasteiger partial charge < -0.3 is 30.5 Å². The predicted molar refractivity (Wildman–Crippen MR) is 2.06 cm³/mol. The summed E-state index contributed by atoms with van der Waals surface area (Å²) in [7, 11) is 0. The van der Waals surface area contributed by atoms with E-state index >= 15 is 0 Å². The molecule has 0 heterocycles. The SMILES string of the molecule is [Ce+3].[F-].[F-].[F-].[La+3].[La+3].[O-2].[O-2].[O-2]. The molecule has 9 heavy (non-hydrogen) atoms. The Labute approximate surface area is 140 Å². The fourth-order valence-electron chi connectivity index (χ4n) is 0. The molecule has 0 aliphatic rings. The molecule has 0 aromatic rings. The zero-order valence-electron chi connectivity index (χ0n) is 4.01. The number of hydrogen-bond donors (Lipinski definition) is 0. The van der Waals surface area contributed by atoms with Gasteiger partial charge in [0.15, 0.2) is 0 Å². The van der Waals surface area contributed by atoms with Crippen LogP contribution < -0.4 is 14.1 Å². The van der Waals surface area contributed by atoms with Crippen molar-refractivity contribution in [2.45, 2.75) is 0 Å². The normalized spacial score (nSPS) is 0. The largest absolute Gasteiger partial charge is 3.00 e. The van der Waals surface area contributed by atoms with E-state index in [0.29, 0.717) is 0 Å². The summed E-state index contributed by atoms with van der Waals surface area (Å²) >= 11 is 0. The molecule has 0 rings (SSSR count). The van der Waals surface area contributed by atoms with Crippen LogP contribution in [0.5, 0.6) is 0 Å². The molecule has 0 aliphatic carbocycles. The van der Waals surface area contributed by atoms with Crippen LogP contribution in [0.3, 0.4) is 0 Å². The standard InChI is InChI=1S/Ce.3FH.2La.3O/h;3*1H;;;;;/q+3;;;;2*+3;3*-2/p-3. The summed E-state index contributed by atoms with van der Waals surface area (Å²) in [5, 5.41) is 0. The molecule has 0 bridgehead atoms. The third-order valence-corrected chi connectivity index (χ3v) is 0. The molecule has 0 aliphatic heterocycles. The molecule has 0 unspecified atom stereocenters. The molecular formula is CeF3La2O3. The minimum Gasteiger partial charge on any atom is -2.00 e. The van der Waals surface area contributed by atoms with Gasteiger partial charge in [-0.05, 0) is 0 Å². The summed E-state index contributed by atoms with van der Waals surface area (Å²) < 4.78 is 0. The summed E-state index contributed by atoms with van der Waals surface area (Å²) in [6.45, 7) is 0. The fraction of sp³-hybridized carbons (Fsp3) is 0. The topological polar surface area (TPSA) is 85.5 Å². The van der Waals surface area contributed by atoms with Crippen LogP contribution in [0.4, 0.5) is 0 Å². The number of halogens is 3. The van der Waals surface area contributed by atoms with Gasteiger partial charge >= 0.3 is 113 Å². The van der Waals surface area contributed by atoms with Crippen molar-refractivity contribution in [3.63, 3.8) is 0 Å². The predicted octanol–water partition coefficient (Wildman–Crippen LogP) is -9.34. The monoisotopic (exact) mass is 523 g/mol. The van der Waals surface area contributed by atoms with E-state index in [-0.39, 0.29) is 143 Å². The van der Waals surface area contributed by atoms with Crippen molar-refractivity contribution in [3.05, 3.63) is 0 Å². The van der Waals surface area contributed by atoms with E-state index < -0.39 is 0 Å². The van der Waals surface area contributed by atoms with E-state index in [2.05, 4.69) is 0 Å². The van der Waals surface area contributed by atoms with E-state index in [1.165, 1.54) is 0 Å². The zero-order chi connectivity index (χ0) is 0. The van der Waals surface area contributed by atoms with Gasteiger partial charge in [0, 0.05) is 0 Å². The second-order valence-corrected chi connectivity index (χ2v) is 0. The maximum Gasteiger partial charge on any atom is 3.00 e. The van der Waals surface area contributed by atoms with Gasteiger partial charge in [-0.1, -0.05) is 0 Å². The molecule has 0 N–H and O–H groups in total. The molecule has 0 aromatic carbocycles. The summed E-state index contributed by atoms with van der Waals surface area (Å²) in [5.74, 6) is 0. The van der Waals surface area contributed by atoms with Crippen LogP contribution in [0.2, 0.25) is 0 Å². The van der Waals surface area contributed by atoms with Gasteiger partial charge in [0.25, 0.3) is 0 Å². The van der Waals surface area contributed by atoms with Gasteiger partial charge in [-0.3, -0.25) is 0 Å². The van der Waals surface area contributed by atoms with Crippen molar-refractivity contribution >= 4 is 0 Å². The Morgan fingerprint density at radius 3 is 0.444 bits per heavy atom. The third-order valence-electron chi connectivity index (χ3n) is 0. The van der Waals surface area contributed by atoms with Gasteiger partial charge in [0.05, 0.1) is 0 Å². The maximum atomic E-state index is 0. The smallest absolute Gasteiger partial charge is 2.00 e. The van der Waals surface area contributed by atoms with Gasteiger partial charge in [-0.2, -0.15) is 0 Å².